The Morgan fingerprint density at radius 1 is 0.299 bits per heavy atom. The molecule has 312 valence electrons. The van der Waals surface area contributed by atoms with Gasteiger partial charge in [0.15, 0.2) is 17.5 Å². The van der Waals surface area contributed by atoms with Gasteiger partial charge >= 0.3 is 0 Å². The van der Waals surface area contributed by atoms with Crippen molar-refractivity contribution >= 4 is 76.3 Å². The lowest BCUT2D eigenvalue weighted by atomic mass is 10.0. The molecule has 10 aromatic carbocycles. The number of fused-ring (bicyclic) bond motifs is 10. The van der Waals surface area contributed by atoms with Crippen LogP contribution in [0.1, 0.15) is 0 Å². The van der Waals surface area contributed by atoms with Crippen molar-refractivity contribution in [2.24, 2.45) is 0 Å². The molecular formula is C61H37N5O. The van der Waals surface area contributed by atoms with Gasteiger partial charge in [0.2, 0.25) is 0 Å². The largest absolute Gasteiger partial charge is 0.455 e. The molecule has 0 fully saturated rings. The van der Waals surface area contributed by atoms with Crippen molar-refractivity contribution in [3.8, 4) is 56.7 Å². The van der Waals surface area contributed by atoms with Crippen LogP contribution in [0.4, 0.5) is 0 Å². The summed E-state index contributed by atoms with van der Waals surface area (Å²) in [5, 5.41) is 9.06. The Bertz CT molecular complexity index is 4260. The SMILES string of the molecule is c1ccc(-c2ccc(-c3nc(-c4ccc5c(c4)c4ccccc4n5-c4ccccc4)nc(-c4cc(-n5c6ccccc6c6cc7ccccc7cc65)cc5c4oc4ccccc45)n3)cc2)cc1. The number of hydrogen-bond donors (Lipinski definition) is 0. The van der Waals surface area contributed by atoms with Crippen LogP contribution in [0.2, 0.25) is 0 Å². The highest BCUT2D eigenvalue weighted by molar-refractivity contribution is 6.15. The van der Waals surface area contributed by atoms with Gasteiger partial charge in [0.1, 0.15) is 11.2 Å². The minimum Gasteiger partial charge on any atom is -0.455 e. The number of nitrogens with zero attached hydrogens (tertiary/aromatic N) is 5. The number of para-hydroxylation sites is 4. The van der Waals surface area contributed by atoms with Crippen LogP contribution in [0, 0.1) is 0 Å². The lowest BCUT2D eigenvalue weighted by Gasteiger charge is -2.13. The first-order valence-electron chi connectivity index (χ1n) is 22.6. The fourth-order valence-corrected chi connectivity index (χ4v) is 10.2. The van der Waals surface area contributed by atoms with E-state index in [0.29, 0.717) is 17.5 Å². The molecule has 0 unspecified atom stereocenters. The van der Waals surface area contributed by atoms with E-state index >= 15 is 0 Å². The molecule has 0 radical (unpaired) electrons. The maximum atomic E-state index is 6.84. The van der Waals surface area contributed by atoms with Crippen LogP contribution in [0.5, 0.6) is 0 Å². The van der Waals surface area contributed by atoms with E-state index in [1.54, 1.807) is 0 Å². The lowest BCUT2D eigenvalue weighted by Crippen LogP contribution is -2.02. The zero-order valence-electron chi connectivity index (χ0n) is 36.0. The second kappa shape index (κ2) is 14.7. The second-order valence-electron chi connectivity index (χ2n) is 17.2. The van der Waals surface area contributed by atoms with Gasteiger partial charge in [0, 0.05) is 54.8 Å². The van der Waals surface area contributed by atoms with Gasteiger partial charge in [-0.3, -0.25) is 0 Å². The normalized spacial score (nSPS) is 11.9. The van der Waals surface area contributed by atoms with Crippen LogP contribution in [0.15, 0.2) is 229 Å². The zero-order valence-corrected chi connectivity index (χ0v) is 36.0. The average Bonchev–Trinajstić information content (AvgIpc) is 4.05. The van der Waals surface area contributed by atoms with E-state index in [-0.39, 0.29) is 0 Å². The molecule has 14 aromatic rings. The van der Waals surface area contributed by atoms with E-state index in [1.807, 2.05) is 18.2 Å². The van der Waals surface area contributed by atoms with Crippen molar-refractivity contribution in [1.82, 2.24) is 24.1 Å². The quantitative estimate of drug-likeness (QED) is 0.167. The van der Waals surface area contributed by atoms with Crippen LogP contribution < -0.4 is 0 Å². The van der Waals surface area contributed by atoms with Crippen molar-refractivity contribution in [2.75, 3.05) is 0 Å². The lowest BCUT2D eigenvalue weighted by molar-refractivity contribution is 0.669. The van der Waals surface area contributed by atoms with Crippen molar-refractivity contribution in [3.05, 3.63) is 224 Å². The molecule has 6 nitrogen and oxygen atoms in total. The summed E-state index contributed by atoms with van der Waals surface area (Å²) in [7, 11) is 0. The summed E-state index contributed by atoms with van der Waals surface area (Å²) in [6.45, 7) is 0. The Labute approximate surface area is 384 Å². The van der Waals surface area contributed by atoms with Gasteiger partial charge in [-0.1, -0.05) is 152 Å². The van der Waals surface area contributed by atoms with Gasteiger partial charge in [-0.2, -0.15) is 0 Å². The molecule has 4 aromatic heterocycles. The number of rotatable bonds is 6. The van der Waals surface area contributed by atoms with Crippen LogP contribution in [0.3, 0.4) is 0 Å². The maximum absolute atomic E-state index is 6.84. The molecule has 0 saturated heterocycles. The molecule has 0 saturated carbocycles. The van der Waals surface area contributed by atoms with Gasteiger partial charge in [-0.15, -0.1) is 0 Å². The fraction of sp³-hybridized carbons (Fsp3) is 0. The highest BCUT2D eigenvalue weighted by Crippen LogP contribution is 2.42. The third-order valence-corrected chi connectivity index (χ3v) is 13.3. The van der Waals surface area contributed by atoms with E-state index in [4.69, 9.17) is 19.4 Å². The van der Waals surface area contributed by atoms with Gasteiger partial charge in [-0.05, 0) is 94.7 Å². The highest BCUT2D eigenvalue weighted by atomic mass is 16.3. The average molecular weight is 856 g/mol. The van der Waals surface area contributed by atoms with Crippen LogP contribution in [-0.2, 0) is 0 Å². The number of aromatic nitrogens is 5. The van der Waals surface area contributed by atoms with E-state index in [9.17, 15) is 0 Å². The van der Waals surface area contributed by atoms with Crippen LogP contribution >= 0.6 is 0 Å². The molecule has 0 bridgehead atoms. The van der Waals surface area contributed by atoms with Crippen molar-refractivity contribution in [2.45, 2.75) is 0 Å². The predicted molar refractivity (Wildman–Crippen MR) is 275 cm³/mol. The van der Waals surface area contributed by atoms with Gasteiger partial charge in [-0.25, -0.2) is 15.0 Å². The number of benzene rings is 10. The summed E-state index contributed by atoms with van der Waals surface area (Å²) in [5.74, 6) is 1.67. The smallest absolute Gasteiger partial charge is 0.167 e. The van der Waals surface area contributed by atoms with Gasteiger partial charge in [0.05, 0.1) is 27.6 Å². The molecule has 0 atom stereocenters. The molecule has 0 spiro atoms. The predicted octanol–water partition coefficient (Wildman–Crippen LogP) is 15.8. The first-order chi connectivity index (χ1) is 33.2. The summed E-state index contributed by atoms with van der Waals surface area (Å²) in [6.07, 6.45) is 0. The molecule has 0 amide bonds. The summed E-state index contributed by atoms with van der Waals surface area (Å²) < 4.78 is 11.5. The Hall–Kier alpha value is -9.13. The molecule has 6 heteroatoms. The summed E-state index contributed by atoms with van der Waals surface area (Å²) in [4.78, 5) is 16.1. The molecule has 0 aliphatic carbocycles. The Morgan fingerprint density at radius 3 is 1.57 bits per heavy atom. The molecule has 4 heterocycles. The Kier molecular flexibility index (Phi) is 8.18. The number of hydrogen-bond acceptors (Lipinski definition) is 4. The topological polar surface area (TPSA) is 61.7 Å². The molecule has 0 aliphatic rings. The summed E-state index contributed by atoms with van der Waals surface area (Å²) in [6, 6.07) is 79.2. The Balaban J connectivity index is 1.04. The van der Waals surface area contributed by atoms with E-state index in [1.165, 1.54) is 21.5 Å². The highest BCUT2D eigenvalue weighted by Gasteiger charge is 2.23. The van der Waals surface area contributed by atoms with Crippen LogP contribution in [-0.4, -0.2) is 24.1 Å². The maximum Gasteiger partial charge on any atom is 0.167 e. The van der Waals surface area contributed by atoms with Crippen molar-refractivity contribution in [1.29, 1.82) is 0 Å². The van der Waals surface area contributed by atoms with Crippen LogP contribution in [0.25, 0.3) is 133 Å². The minimum atomic E-state index is 0.524. The Morgan fingerprint density at radius 2 is 0.821 bits per heavy atom. The second-order valence-corrected chi connectivity index (χ2v) is 17.2. The van der Waals surface area contributed by atoms with Gasteiger partial charge in [0.25, 0.3) is 0 Å². The molecular weight excluding hydrogens is 819 g/mol. The zero-order chi connectivity index (χ0) is 44.0. The summed E-state index contributed by atoms with van der Waals surface area (Å²) in [5.41, 5.74) is 12.9. The number of furan rings is 1. The molecule has 14 rings (SSSR count). The van der Waals surface area contributed by atoms with E-state index in [0.717, 1.165) is 94.0 Å². The molecule has 0 aliphatic heterocycles. The van der Waals surface area contributed by atoms with E-state index in [2.05, 4.69) is 215 Å². The van der Waals surface area contributed by atoms with Crippen molar-refractivity contribution < 1.29 is 4.42 Å². The minimum absolute atomic E-state index is 0.524. The van der Waals surface area contributed by atoms with E-state index < -0.39 is 0 Å². The third-order valence-electron chi connectivity index (χ3n) is 13.3. The fourth-order valence-electron chi connectivity index (χ4n) is 10.2. The first kappa shape index (κ1) is 37.3. The summed E-state index contributed by atoms with van der Waals surface area (Å²) >= 11 is 0. The third kappa shape index (κ3) is 5.93. The molecule has 67 heavy (non-hydrogen) atoms. The standard InChI is InChI=1S/C61H37N5O/c1-3-15-38(16-4-1)39-27-29-40(30-28-39)59-62-60(43-31-32-55-49(34-43)46-21-9-12-24-53(46)65(55)44-19-5-2-6-20-44)64-61(63-59)52-37-45(36-51-48-23-11-14-26-57(48)67-58(51)52)66-54-25-13-10-22-47(54)50-33-41-17-7-8-18-42(41)35-56(50)66/h1-37H. The van der Waals surface area contributed by atoms with Crippen molar-refractivity contribution in [3.63, 3.8) is 0 Å². The molecule has 0 N–H and O–H groups in total. The van der Waals surface area contributed by atoms with Gasteiger partial charge < -0.3 is 13.6 Å². The first-order valence-corrected chi connectivity index (χ1v) is 22.6. The monoisotopic (exact) mass is 855 g/mol.